The molecule has 0 radical (unpaired) electrons. The summed E-state index contributed by atoms with van der Waals surface area (Å²) < 4.78 is 82.6. The van der Waals surface area contributed by atoms with Gasteiger partial charge in [-0.15, -0.1) is 0 Å². The van der Waals surface area contributed by atoms with Crippen molar-refractivity contribution in [3.63, 3.8) is 0 Å². The molecule has 1 aliphatic carbocycles. The number of hydrogen-bond acceptors (Lipinski definition) is 8. The first-order valence-corrected chi connectivity index (χ1v) is 43.9. The Labute approximate surface area is 577 Å². The monoisotopic (exact) mass is 1420 g/mol. The molecule has 0 saturated carbocycles. The van der Waals surface area contributed by atoms with Gasteiger partial charge in [0.1, 0.15) is 23.0 Å². The minimum Gasteiger partial charge on any atom is -0.493 e. The summed E-state index contributed by atoms with van der Waals surface area (Å²) in [6.07, 6.45) is 42.0. The van der Waals surface area contributed by atoms with Crippen molar-refractivity contribution in [1.29, 1.82) is 0 Å². The summed E-state index contributed by atoms with van der Waals surface area (Å²) in [7, 11) is -20.4. The van der Waals surface area contributed by atoms with Gasteiger partial charge < -0.3 is 58.1 Å². The number of ether oxygens (including phenoxy) is 4. The molecule has 8 bridgehead atoms. The van der Waals surface area contributed by atoms with Gasteiger partial charge in [-0.25, -0.2) is 0 Å². The standard InChI is InChI=1S/C76H124O16P4/c1-5-9-13-17-21-25-29-33-37-41-45-89-73-61-49-63-55-70(94(80,81)82)57-65(74(63)90-46-42-38-34-30-26-22-18-14-10-6-2)51-67-59-72(96(86,87)88)60-68(76(67)92-48-44-40-36-32-28-24-20-16-12-8-4)52-66-58-71(95(83,84)85)56-64(50-62(73)54-69(53-61)93(77,78)79)75(66)91-47-43-39-35-31-27-23-19-15-11-7-3/h53-60H,5-52H2,1-4H3,(H2,77,78,79)(H2,80,81,82)(H2,83,84,85)(H2,86,87,88). The lowest BCUT2D eigenvalue weighted by atomic mass is 9.91. The molecule has 544 valence electrons. The first kappa shape index (κ1) is 83.3. The predicted octanol–water partition coefficient (Wildman–Crippen LogP) is 18.8. The van der Waals surface area contributed by atoms with Crippen molar-refractivity contribution in [2.75, 3.05) is 26.4 Å². The zero-order valence-electron chi connectivity index (χ0n) is 59.2. The summed E-state index contributed by atoms with van der Waals surface area (Å²) in [6, 6.07) is 10.9. The number of hydrogen-bond donors (Lipinski definition) is 8. The molecule has 0 unspecified atom stereocenters. The number of rotatable bonds is 52. The van der Waals surface area contributed by atoms with E-state index in [-0.39, 0.29) is 141 Å². The van der Waals surface area contributed by atoms with Crippen molar-refractivity contribution < 1.29 is 76.4 Å². The summed E-state index contributed by atoms with van der Waals surface area (Å²) in [6.45, 7) is 9.64. The van der Waals surface area contributed by atoms with E-state index in [1.165, 1.54) is 177 Å². The highest BCUT2D eigenvalue weighted by Crippen LogP contribution is 2.46. The lowest BCUT2D eigenvalue weighted by Crippen LogP contribution is -2.18. The molecule has 5 rings (SSSR count). The van der Waals surface area contributed by atoms with Gasteiger partial charge in [0, 0.05) is 25.7 Å². The maximum absolute atomic E-state index is 13.8. The summed E-state index contributed by atoms with van der Waals surface area (Å²) in [5.74, 6) is 1.01. The average Bonchev–Trinajstić information content (AvgIpc) is 0.769. The second-order valence-electron chi connectivity index (χ2n) is 27.4. The van der Waals surface area contributed by atoms with E-state index in [0.717, 1.165) is 103 Å². The molecule has 4 aromatic rings. The highest BCUT2D eigenvalue weighted by atomic mass is 31.2. The fourth-order valence-electron chi connectivity index (χ4n) is 13.3. The van der Waals surface area contributed by atoms with Crippen molar-refractivity contribution in [2.45, 2.75) is 310 Å². The number of benzene rings is 4. The molecule has 96 heavy (non-hydrogen) atoms. The largest absolute Gasteiger partial charge is 0.493 e. The molecular formula is C76H124O16P4. The fourth-order valence-corrected chi connectivity index (χ4v) is 15.9. The van der Waals surface area contributed by atoms with Crippen molar-refractivity contribution >= 4 is 51.6 Å². The van der Waals surface area contributed by atoms with Crippen LogP contribution in [0.3, 0.4) is 0 Å². The van der Waals surface area contributed by atoms with Crippen LogP contribution in [0.1, 0.15) is 329 Å². The summed E-state index contributed by atoms with van der Waals surface area (Å²) in [5, 5.41) is -1.44. The van der Waals surface area contributed by atoms with Gasteiger partial charge in [-0.2, -0.15) is 0 Å². The van der Waals surface area contributed by atoms with Crippen LogP contribution in [0, 0.1) is 0 Å². The zero-order chi connectivity index (χ0) is 69.7. The topological polar surface area (TPSA) is 267 Å². The van der Waals surface area contributed by atoms with Crippen LogP contribution in [0.15, 0.2) is 48.5 Å². The highest BCUT2D eigenvalue weighted by Gasteiger charge is 2.32. The van der Waals surface area contributed by atoms with Gasteiger partial charge in [0.2, 0.25) is 0 Å². The van der Waals surface area contributed by atoms with Crippen molar-refractivity contribution in [3.05, 3.63) is 93.0 Å². The summed E-state index contributed by atoms with van der Waals surface area (Å²) in [5.41, 5.74) is 2.17. The van der Waals surface area contributed by atoms with E-state index in [4.69, 9.17) is 18.9 Å². The van der Waals surface area contributed by atoms with Gasteiger partial charge in [0.25, 0.3) is 0 Å². The minimum absolute atomic E-state index is 0.204. The fraction of sp³-hybridized carbons (Fsp3) is 0.684. The van der Waals surface area contributed by atoms with Crippen LogP contribution in [0.25, 0.3) is 0 Å². The third-order valence-electron chi connectivity index (χ3n) is 18.8. The highest BCUT2D eigenvalue weighted by molar-refractivity contribution is 7.61. The van der Waals surface area contributed by atoms with E-state index < -0.39 is 30.4 Å². The molecule has 0 atom stereocenters. The Hall–Kier alpha value is -3.32. The van der Waals surface area contributed by atoms with Crippen LogP contribution >= 0.6 is 30.4 Å². The third-order valence-corrected chi connectivity index (χ3v) is 22.5. The number of unbranched alkanes of at least 4 members (excludes halogenated alkanes) is 36. The van der Waals surface area contributed by atoms with Gasteiger partial charge in [0.05, 0.1) is 47.6 Å². The van der Waals surface area contributed by atoms with Crippen molar-refractivity contribution in [1.82, 2.24) is 0 Å². The Balaban J connectivity index is 1.75. The van der Waals surface area contributed by atoms with Crippen LogP contribution in [0.5, 0.6) is 23.0 Å². The van der Waals surface area contributed by atoms with E-state index in [0.29, 0.717) is 25.7 Å². The third kappa shape index (κ3) is 31.3. The smallest absolute Gasteiger partial charge is 0.356 e. The second kappa shape index (κ2) is 45.5. The average molecular weight is 1420 g/mol. The van der Waals surface area contributed by atoms with Gasteiger partial charge in [0.15, 0.2) is 0 Å². The lowest BCUT2D eigenvalue weighted by molar-refractivity contribution is 0.293. The quantitative estimate of drug-likeness (QED) is 0.0133. The molecule has 0 aromatic heterocycles. The normalized spacial score (nSPS) is 13.0. The molecule has 1 aliphatic rings. The van der Waals surface area contributed by atoms with Crippen molar-refractivity contribution in [2.24, 2.45) is 0 Å². The molecular weight excluding hydrogens is 1290 g/mol. The zero-order valence-corrected chi connectivity index (χ0v) is 62.8. The van der Waals surface area contributed by atoms with Crippen LogP contribution in [0.4, 0.5) is 0 Å². The molecule has 0 amide bonds. The SMILES string of the molecule is CCCCCCCCCCCCOc1c2cc(P(=O)(O)O)cc1Cc1cc(P(=O)(O)O)cc(c1OCCCCCCCCCCCC)Cc1cc(P(=O)(O)O)cc(c1OCCCCCCCCCCCC)Cc1cc(P(=O)(O)O)cc(c1OCCCCCCCCCCCC)C2. The van der Waals surface area contributed by atoms with Gasteiger partial charge in [-0.1, -0.05) is 259 Å². The molecule has 16 nitrogen and oxygen atoms in total. The molecule has 0 spiro atoms. The Morgan fingerprint density at radius 3 is 0.479 bits per heavy atom. The maximum Gasteiger partial charge on any atom is 0.356 e. The Morgan fingerprint density at radius 2 is 0.354 bits per heavy atom. The van der Waals surface area contributed by atoms with E-state index in [1.807, 2.05) is 0 Å². The Morgan fingerprint density at radius 1 is 0.229 bits per heavy atom. The first-order chi connectivity index (χ1) is 46.1. The maximum atomic E-state index is 13.8. The molecule has 8 N–H and O–H groups in total. The van der Waals surface area contributed by atoms with Gasteiger partial charge >= 0.3 is 30.4 Å². The predicted molar refractivity (Wildman–Crippen MR) is 393 cm³/mol. The van der Waals surface area contributed by atoms with Gasteiger partial charge in [-0.05, 0) is 119 Å². The van der Waals surface area contributed by atoms with Crippen LogP contribution in [-0.4, -0.2) is 65.6 Å². The Bertz CT molecular complexity index is 2570. The number of fused-ring (bicyclic) bond motifs is 8. The Kier molecular flexibility index (Phi) is 39.5. The molecule has 4 aromatic carbocycles. The van der Waals surface area contributed by atoms with E-state index in [2.05, 4.69) is 27.7 Å². The molecule has 0 fully saturated rings. The lowest BCUT2D eigenvalue weighted by Gasteiger charge is -2.25. The van der Waals surface area contributed by atoms with Crippen LogP contribution in [-0.2, 0) is 43.9 Å². The van der Waals surface area contributed by atoms with E-state index in [9.17, 15) is 57.4 Å². The minimum atomic E-state index is -5.09. The molecule has 0 saturated heterocycles. The molecule has 20 heteroatoms. The molecule has 0 aliphatic heterocycles. The van der Waals surface area contributed by atoms with Gasteiger partial charge in [-0.3, -0.25) is 18.3 Å². The van der Waals surface area contributed by atoms with Crippen LogP contribution in [0.2, 0.25) is 0 Å². The van der Waals surface area contributed by atoms with E-state index in [1.54, 1.807) is 0 Å². The second-order valence-corrected chi connectivity index (χ2v) is 33.8. The first-order valence-electron chi connectivity index (χ1n) is 37.5. The van der Waals surface area contributed by atoms with E-state index >= 15 is 0 Å². The summed E-state index contributed by atoms with van der Waals surface area (Å²) in [4.78, 5) is 89.4. The molecule has 0 heterocycles. The summed E-state index contributed by atoms with van der Waals surface area (Å²) >= 11 is 0. The van der Waals surface area contributed by atoms with Crippen LogP contribution < -0.4 is 40.2 Å². The van der Waals surface area contributed by atoms with Crippen molar-refractivity contribution in [3.8, 4) is 23.0 Å².